The summed E-state index contributed by atoms with van der Waals surface area (Å²) in [5, 5.41) is 14.2. The van der Waals surface area contributed by atoms with Gasteiger partial charge in [-0.3, -0.25) is 0 Å². The molecule has 5 aliphatic rings. The number of rotatable bonds is 10. The maximum atomic E-state index is 15.3. The monoisotopic (exact) mass is 786 g/mol. The zero-order valence-corrected chi connectivity index (χ0v) is 28.9. The molecule has 0 atom stereocenters. The first-order chi connectivity index (χ1) is 22.6. The van der Waals surface area contributed by atoms with Gasteiger partial charge < -0.3 is 0 Å². The maximum absolute atomic E-state index is 15.3. The number of anilines is 1. The molecule has 0 radical (unpaired) electrons. The number of hydrogen-bond donors (Lipinski definition) is 1. The van der Waals surface area contributed by atoms with Gasteiger partial charge in [-0.25, -0.2) is 0 Å². The second-order valence-corrected chi connectivity index (χ2v) is 17.8. The summed E-state index contributed by atoms with van der Waals surface area (Å²) in [7, 11) is 0. The summed E-state index contributed by atoms with van der Waals surface area (Å²) < 4.78 is 80.3. The molecule has 0 unspecified atom stereocenters. The van der Waals surface area contributed by atoms with Crippen molar-refractivity contribution in [1.29, 1.82) is 0 Å². The Bertz CT molecular complexity index is 1660. The van der Waals surface area contributed by atoms with Crippen LogP contribution in [0.2, 0.25) is 0 Å². The predicted molar refractivity (Wildman–Crippen MR) is 162 cm³/mol. The second-order valence-electron chi connectivity index (χ2n) is 14.5. The van der Waals surface area contributed by atoms with E-state index >= 15 is 4.39 Å². The number of alkyl halides is 5. The Morgan fingerprint density at radius 3 is 2.27 bits per heavy atom. The van der Waals surface area contributed by atoms with Crippen LogP contribution in [0.15, 0.2) is 47.0 Å². The van der Waals surface area contributed by atoms with Gasteiger partial charge in [-0.15, -0.1) is 0 Å². The van der Waals surface area contributed by atoms with E-state index in [1.807, 2.05) is 13.8 Å². The third-order valence-corrected chi connectivity index (χ3v) is 13.6. The van der Waals surface area contributed by atoms with Gasteiger partial charge in [0, 0.05) is 0 Å². The molecule has 2 aromatic carbocycles. The predicted octanol–water partition coefficient (Wildman–Crippen LogP) is 5.38. The summed E-state index contributed by atoms with van der Waals surface area (Å²) in [5.41, 5.74) is -3.45. The fraction of sp³-hybridized carbons (Fsp3) is 0.571. The van der Waals surface area contributed by atoms with Crippen molar-refractivity contribution in [2.75, 3.05) is 11.4 Å². The molecule has 1 N–H and O–H groups in total. The van der Waals surface area contributed by atoms with Gasteiger partial charge in [0.2, 0.25) is 0 Å². The molecule has 0 spiro atoms. The number of fused-ring (bicyclic) bond motifs is 3. The number of benzene rings is 2. The molecule has 2 bridgehead atoms. The number of hydrogen-bond acceptors (Lipinski definition) is 6. The first-order valence-electron chi connectivity index (χ1n) is 16.5. The molecule has 260 valence electrons. The van der Waals surface area contributed by atoms with Gasteiger partial charge in [0.05, 0.1) is 0 Å². The molecule has 3 aromatic rings. The zero-order valence-electron chi connectivity index (χ0n) is 26.8. The van der Waals surface area contributed by atoms with Crippen molar-refractivity contribution in [2.45, 2.75) is 111 Å². The first-order valence-corrected chi connectivity index (χ1v) is 18.8. The fourth-order valence-electron chi connectivity index (χ4n) is 7.43. The third kappa shape index (κ3) is 6.22. The summed E-state index contributed by atoms with van der Waals surface area (Å²) in [4.78, 5) is 20.2. The molecule has 5 aliphatic carbocycles. The van der Waals surface area contributed by atoms with E-state index in [4.69, 9.17) is 9.26 Å². The Balaban J connectivity index is 1.13. The number of carbonyl (C=O) groups excluding carboxylic acids is 1. The molecule has 48 heavy (non-hydrogen) atoms. The molecular formula is C35H38F5IN3O4-. The minimum atomic E-state index is -4.74. The molecule has 13 heteroatoms. The molecule has 7 nitrogen and oxygen atoms in total. The quantitative estimate of drug-likeness (QED) is 0.0977. The van der Waals surface area contributed by atoms with Crippen molar-refractivity contribution in [2.24, 2.45) is 5.41 Å². The summed E-state index contributed by atoms with van der Waals surface area (Å²) in [6.07, 6.45) is -0.488. The van der Waals surface area contributed by atoms with Crippen LogP contribution >= 0.6 is 0 Å². The first kappa shape index (κ1) is 33.7. The van der Waals surface area contributed by atoms with Crippen molar-refractivity contribution in [3.8, 4) is 16.9 Å². The molecule has 5 fully saturated rings. The number of ether oxygens (including phenoxy) is 1. The van der Waals surface area contributed by atoms with Crippen molar-refractivity contribution in [1.82, 2.24) is 10.1 Å². The summed E-state index contributed by atoms with van der Waals surface area (Å²) >= 11 is -1.42. The van der Waals surface area contributed by atoms with E-state index in [1.54, 1.807) is 41.3 Å². The van der Waals surface area contributed by atoms with Crippen LogP contribution in [-0.2, 0) is 11.1 Å². The zero-order chi connectivity index (χ0) is 34.1. The number of nitrogens with zero attached hydrogens (tertiary/aromatic N) is 3. The van der Waals surface area contributed by atoms with Crippen LogP contribution < -0.4 is 30.8 Å². The molecule has 0 saturated heterocycles. The Hall–Kier alpha value is -2.81. The SMILES string of the molecule is CC(C)Oc1ccc(-c2cc(N(CC34CCC(c5noc(C6(F)CC6)n5)(CC3)CC4)C(=O)[I-]C3CC(O)(C(F)(F)F)C3)ccc2F)cc1. The van der Waals surface area contributed by atoms with Crippen molar-refractivity contribution < 1.29 is 62.3 Å². The summed E-state index contributed by atoms with van der Waals surface area (Å²) in [6.45, 7) is 4.16. The standard InChI is InChI=1S/C35H38F5IN3O4/c1-21(2)47-25-6-3-22(4-7-25)26-17-24(5-8-27(26)36)44(30(45)41-23-18-34(46,19-23)35(38,39)40)20-31-9-12-32(13-10-31,14-11-31)28-42-29(48-43-28)33(37)15-16-33/h3-8,17,21,23,46H,9-16,18-20H2,1-2H3/q-1. The van der Waals surface area contributed by atoms with Gasteiger partial charge in [0.15, 0.2) is 0 Å². The Labute approximate surface area is 285 Å². The van der Waals surface area contributed by atoms with Crippen LogP contribution in [0.3, 0.4) is 0 Å². The van der Waals surface area contributed by atoms with Crippen LogP contribution in [0.1, 0.15) is 89.8 Å². The van der Waals surface area contributed by atoms with Crippen LogP contribution in [0.4, 0.5) is 32.4 Å². The van der Waals surface area contributed by atoms with E-state index in [0.717, 1.165) is 38.5 Å². The minimum absolute atomic E-state index is 0.0274. The molecule has 8 rings (SSSR count). The average Bonchev–Trinajstić information content (AvgIpc) is 3.56. The number of carbonyl (C=O) groups is 1. The molecule has 5 saturated carbocycles. The van der Waals surface area contributed by atoms with Crippen LogP contribution in [0.5, 0.6) is 5.75 Å². The third-order valence-electron chi connectivity index (χ3n) is 10.8. The Kier molecular flexibility index (Phi) is 8.36. The molecule has 1 amide bonds. The number of aromatic nitrogens is 2. The van der Waals surface area contributed by atoms with E-state index in [2.05, 4.69) is 10.1 Å². The van der Waals surface area contributed by atoms with Gasteiger partial charge in [-0.1, -0.05) is 0 Å². The number of aliphatic hydroxyl groups is 1. The van der Waals surface area contributed by atoms with Gasteiger partial charge in [0.25, 0.3) is 0 Å². The van der Waals surface area contributed by atoms with Gasteiger partial charge in [-0.2, -0.15) is 0 Å². The van der Waals surface area contributed by atoms with E-state index in [0.29, 0.717) is 47.8 Å². The second kappa shape index (κ2) is 11.9. The Morgan fingerprint density at radius 2 is 1.69 bits per heavy atom. The van der Waals surface area contributed by atoms with Gasteiger partial charge in [-0.05, 0) is 0 Å². The van der Waals surface area contributed by atoms with Crippen molar-refractivity contribution >= 4 is 9.60 Å². The van der Waals surface area contributed by atoms with Crippen molar-refractivity contribution in [3.05, 3.63) is 60.0 Å². The van der Waals surface area contributed by atoms with E-state index in [9.17, 15) is 27.5 Å². The van der Waals surface area contributed by atoms with Crippen molar-refractivity contribution in [3.63, 3.8) is 0 Å². The van der Waals surface area contributed by atoms with Gasteiger partial charge in [0.1, 0.15) is 0 Å². The molecular weight excluding hydrogens is 748 g/mol. The van der Waals surface area contributed by atoms with Crippen LogP contribution in [-0.4, -0.2) is 47.5 Å². The average molecular weight is 787 g/mol. The van der Waals surface area contributed by atoms with E-state index in [1.165, 1.54) is 6.07 Å². The summed E-state index contributed by atoms with van der Waals surface area (Å²) in [6, 6.07) is 11.5. The summed E-state index contributed by atoms with van der Waals surface area (Å²) in [5.74, 6) is 0.776. The van der Waals surface area contributed by atoms with Crippen LogP contribution in [0, 0.1) is 11.2 Å². The number of halogens is 6. The van der Waals surface area contributed by atoms with Crippen LogP contribution in [0.25, 0.3) is 11.1 Å². The molecule has 1 aromatic heterocycles. The fourth-order valence-corrected chi connectivity index (χ4v) is 10.9. The normalized spacial score (nSPS) is 29.1. The topological polar surface area (TPSA) is 88.7 Å². The van der Waals surface area contributed by atoms with E-state index in [-0.39, 0.29) is 26.7 Å². The van der Waals surface area contributed by atoms with E-state index < -0.39 is 61.2 Å². The number of amides is 1. The molecule has 1 heterocycles. The Morgan fingerprint density at radius 1 is 1.04 bits per heavy atom. The molecule has 0 aliphatic heterocycles. The van der Waals surface area contributed by atoms with Gasteiger partial charge >= 0.3 is 287 Å².